The van der Waals surface area contributed by atoms with Gasteiger partial charge < -0.3 is 9.72 Å². The van der Waals surface area contributed by atoms with Crippen molar-refractivity contribution in [2.24, 2.45) is 0 Å². The largest absolute Gasteiger partial charge is 0.374 e. The number of aromatic amines is 1. The van der Waals surface area contributed by atoms with Crippen molar-refractivity contribution in [3.8, 4) is 11.3 Å². The molecule has 0 amide bonds. The van der Waals surface area contributed by atoms with Crippen LogP contribution in [0.25, 0.3) is 22.2 Å². The number of nitrogens with one attached hydrogen (secondary N) is 1. The number of H-pyrrole nitrogens is 1. The van der Waals surface area contributed by atoms with E-state index in [0.29, 0.717) is 12.1 Å². The van der Waals surface area contributed by atoms with E-state index >= 15 is 0 Å². The summed E-state index contributed by atoms with van der Waals surface area (Å²) < 4.78 is 5.57. The quantitative estimate of drug-likeness (QED) is 0.550. The molecule has 3 aromatic rings. The lowest BCUT2D eigenvalue weighted by molar-refractivity contribution is -0.383. The SMILES string of the molecule is CC(C)OCc1cc([N+](=O)[O-])c2[nH]c(-c3ccccc3)cc2c1. The lowest BCUT2D eigenvalue weighted by Gasteiger charge is -2.07. The fourth-order valence-corrected chi connectivity index (χ4v) is 2.55. The molecule has 0 aliphatic rings. The van der Waals surface area contributed by atoms with Crippen LogP contribution in [0.2, 0.25) is 0 Å². The summed E-state index contributed by atoms with van der Waals surface area (Å²) in [5, 5.41) is 12.2. The van der Waals surface area contributed by atoms with Crippen LogP contribution in [0.5, 0.6) is 0 Å². The van der Waals surface area contributed by atoms with Crippen molar-refractivity contribution in [1.29, 1.82) is 0 Å². The molecule has 5 nitrogen and oxygen atoms in total. The zero-order valence-corrected chi connectivity index (χ0v) is 13.1. The lowest BCUT2D eigenvalue weighted by atomic mass is 10.1. The predicted molar refractivity (Wildman–Crippen MR) is 90.3 cm³/mol. The average Bonchev–Trinajstić information content (AvgIpc) is 2.96. The third kappa shape index (κ3) is 3.24. The van der Waals surface area contributed by atoms with E-state index < -0.39 is 0 Å². The molecule has 0 fully saturated rings. The van der Waals surface area contributed by atoms with Crippen LogP contribution >= 0.6 is 0 Å². The van der Waals surface area contributed by atoms with E-state index in [2.05, 4.69) is 4.98 Å². The van der Waals surface area contributed by atoms with Crippen molar-refractivity contribution < 1.29 is 9.66 Å². The van der Waals surface area contributed by atoms with Gasteiger partial charge in [0, 0.05) is 17.1 Å². The van der Waals surface area contributed by atoms with E-state index in [4.69, 9.17) is 4.74 Å². The molecule has 5 heteroatoms. The third-order valence-electron chi connectivity index (χ3n) is 3.63. The minimum Gasteiger partial charge on any atom is -0.374 e. The highest BCUT2D eigenvalue weighted by Gasteiger charge is 2.17. The fourth-order valence-electron chi connectivity index (χ4n) is 2.55. The first-order valence-electron chi connectivity index (χ1n) is 7.51. The molecule has 118 valence electrons. The number of nitro benzene ring substituents is 1. The standard InChI is InChI=1S/C18H18N2O3/c1-12(2)23-11-13-8-15-10-16(14-6-4-3-5-7-14)19-18(15)17(9-13)20(21)22/h3-10,12,19H,11H2,1-2H3. The molecule has 0 bridgehead atoms. The zero-order chi connectivity index (χ0) is 16.4. The van der Waals surface area contributed by atoms with E-state index in [1.807, 2.05) is 56.3 Å². The van der Waals surface area contributed by atoms with Crippen LogP contribution in [0.4, 0.5) is 5.69 Å². The molecule has 1 heterocycles. The third-order valence-corrected chi connectivity index (χ3v) is 3.63. The number of aromatic nitrogens is 1. The van der Waals surface area contributed by atoms with Crippen molar-refractivity contribution >= 4 is 16.6 Å². The maximum absolute atomic E-state index is 11.4. The van der Waals surface area contributed by atoms with Gasteiger partial charge in [0.2, 0.25) is 0 Å². The smallest absolute Gasteiger partial charge is 0.293 e. The Hall–Kier alpha value is -2.66. The Morgan fingerprint density at radius 2 is 1.91 bits per heavy atom. The summed E-state index contributed by atoms with van der Waals surface area (Å²) in [6.07, 6.45) is 0.0795. The van der Waals surface area contributed by atoms with E-state index in [9.17, 15) is 10.1 Å². The Morgan fingerprint density at radius 1 is 1.17 bits per heavy atom. The van der Waals surface area contributed by atoms with E-state index in [0.717, 1.165) is 22.2 Å². The Labute approximate surface area is 134 Å². The van der Waals surface area contributed by atoms with Gasteiger partial charge in [0.25, 0.3) is 5.69 Å². The molecule has 0 atom stereocenters. The van der Waals surface area contributed by atoms with Crippen LogP contribution in [-0.4, -0.2) is 16.0 Å². The molecule has 23 heavy (non-hydrogen) atoms. The van der Waals surface area contributed by atoms with Crippen molar-refractivity contribution in [2.45, 2.75) is 26.6 Å². The van der Waals surface area contributed by atoms with Gasteiger partial charge in [0.1, 0.15) is 5.52 Å². The summed E-state index contributed by atoms with van der Waals surface area (Å²) in [6, 6.07) is 15.2. The molecule has 2 aromatic carbocycles. The van der Waals surface area contributed by atoms with Crippen molar-refractivity contribution in [3.63, 3.8) is 0 Å². The molecule has 0 spiro atoms. The summed E-state index contributed by atoms with van der Waals surface area (Å²) in [5.74, 6) is 0. The zero-order valence-electron chi connectivity index (χ0n) is 13.1. The number of hydrogen-bond donors (Lipinski definition) is 1. The number of non-ortho nitro benzene ring substituents is 1. The lowest BCUT2D eigenvalue weighted by Crippen LogP contribution is -2.02. The number of benzene rings is 2. The maximum atomic E-state index is 11.4. The van der Waals surface area contributed by atoms with E-state index in [1.165, 1.54) is 0 Å². The van der Waals surface area contributed by atoms with Crippen LogP contribution in [-0.2, 0) is 11.3 Å². The number of ether oxygens (including phenoxy) is 1. The molecule has 1 aromatic heterocycles. The summed E-state index contributed by atoms with van der Waals surface area (Å²) in [7, 11) is 0. The molecule has 0 unspecified atom stereocenters. The van der Waals surface area contributed by atoms with Crippen LogP contribution in [0.3, 0.4) is 0 Å². The van der Waals surface area contributed by atoms with Crippen LogP contribution in [0.1, 0.15) is 19.4 Å². The molecule has 3 rings (SSSR count). The second-order valence-electron chi connectivity index (χ2n) is 5.75. The molecular formula is C18H18N2O3. The Balaban J connectivity index is 2.09. The molecule has 0 aliphatic carbocycles. The minimum absolute atomic E-state index is 0.0760. The second-order valence-corrected chi connectivity index (χ2v) is 5.75. The van der Waals surface area contributed by atoms with Gasteiger partial charge in [-0.05, 0) is 37.1 Å². The first-order chi connectivity index (χ1) is 11.0. The number of rotatable bonds is 5. The Kier molecular flexibility index (Phi) is 4.12. The normalized spacial score (nSPS) is 11.3. The van der Waals surface area contributed by atoms with Gasteiger partial charge in [-0.15, -0.1) is 0 Å². The van der Waals surface area contributed by atoms with Gasteiger partial charge in [-0.25, -0.2) is 0 Å². The summed E-state index contributed by atoms with van der Waals surface area (Å²) >= 11 is 0. The van der Waals surface area contributed by atoms with Crippen molar-refractivity contribution in [1.82, 2.24) is 4.98 Å². The second kappa shape index (κ2) is 6.22. The summed E-state index contributed by atoms with van der Waals surface area (Å²) in [5.41, 5.74) is 3.29. The topological polar surface area (TPSA) is 68.2 Å². The molecular weight excluding hydrogens is 292 g/mol. The van der Waals surface area contributed by atoms with Crippen molar-refractivity contribution in [3.05, 3.63) is 64.2 Å². The molecule has 1 N–H and O–H groups in total. The van der Waals surface area contributed by atoms with Gasteiger partial charge in [-0.3, -0.25) is 10.1 Å². The molecule has 0 aliphatic heterocycles. The number of hydrogen-bond acceptors (Lipinski definition) is 3. The molecule has 0 saturated carbocycles. The molecule has 0 saturated heterocycles. The highest BCUT2D eigenvalue weighted by molar-refractivity contribution is 5.92. The Bertz CT molecular complexity index is 838. The number of nitrogens with zero attached hydrogens (tertiary/aromatic N) is 1. The number of nitro groups is 1. The fraction of sp³-hybridized carbons (Fsp3) is 0.222. The first kappa shape index (κ1) is 15.2. The first-order valence-corrected chi connectivity index (χ1v) is 7.51. The average molecular weight is 310 g/mol. The van der Waals surface area contributed by atoms with Crippen LogP contribution < -0.4 is 0 Å². The van der Waals surface area contributed by atoms with Crippen molar-refractivity contribution in [2.75, 3.05) is 0 Å². The molecule has 0 radical (unpaired) electrons. The highest BCUT2D eigenvalue weighted by atomic mass is 16.6. The monoisotopic (exact) mass is 310 g/mol. The summed E-state index contributed by atoms with van der Waals surface area (Å²) in [4.78, 5) is 14.2. The number of fused-ring (bicyclic) bond motifs is 1. The van der Waals surface area contributed by atoms with Crippen LogP contribution in [0, 0.1) is 10.1 Å². The minimum atomic E-state index is -0.355. The van der Waals surface area contributed by atoms with Gasteiger partial charge in [-0.1, -0.05) is 30.3 Å². The maximum Gasteiger partial charge on any atom is 0.293 e. The van der Waals surface area contributed by atoms with Gasteiger partial charge in [-0.2, -0.15) is 0 Å². The van der Waals surface area contributed by atoms with E-state index in [-0.39, 0.29) is 16.7 Å². The van der Waals surface area contributed by atoms with Crippen LogP contribution in [0.15, 0.2) is 48.5 Å². The van der Waals surface area contributed by atoms with Gasteiger partial charge in [0.15, 0.2) is 0 Å². The Morgan fingerprint density at radius 3 is 2.57 bits per heavy atom. The highest BCUT2D eigenvalue weighted by Crippen LogP contribution is 2.31. The van der Waals surface area contributed by atoms with Gasteiger partial charge in [0.05, 0.1) is 17.6 Å². The van der Waals surface area contributed by atoms with E-state index in [1.54, 1.807) is 6.07 Å². The van der Waals surface area contributed by atoms with Gasteiger partial charge >= 0.3 is 0 Å². The predicted octanol–water partition coefficient (Wildman–Crippen LogP) is 4.67. The summed E-state index contributed by atoms with van der Waals surface area (Å²) in [6.45, 7) is 4.24.